The summed E-state index contributed by atoms with van der Waals surface area (Å²) in [6.07, 6.45) is 8.89. The maximum absolute atomic E-state index is 10.2. The smallest absolute Gasteiger partial charge is 0.157 e. The third kappa shape index (κ3) is 5.73. The van der Waals surface area contributed by atoms with Crippen LogP contribution in [0.1, 0.15) is 92.9 Å². The largest absolute Gasteiger partial charge is 0.368 e. The molecule has 20 heavy (non-hydrogen) atoms. The summed E-state index contributed by atoms with van der Waals surface area (Å²) in [7, 11) is 0. The predicted molar refractivity (Wildman–Crippen MR) is 87.8 cm³/mol. The Morgan fingerprint density at radius 1 is 1.10 bits per heavy atom. The average Bonchev–Trinajstić information content (AvgIpc) is 2.95. The summed E-state index contributed by atoms with van der Waals surface area (Å²) in [5.74, 6) is 0.805. The molecule has 3 unspecified atom stereocenters. The Labute approximate surface area is 127 Å². The van der Waals surface area contributed by atoms with E-state index in [-0.39, 0.29) is 11.5 Å². The molecule has 1 fully saturated rings. The standard InChI is InChI=1S/C16H32O2.C2H6/c1-5-7-10-14(4)16(11-8-9-12-16)18-15(17)13(3)6-2;1-2/h13-15,17H,5-12H2,1-4H3;1-2H3. The van der Waals surface area contributed by atoms with Crippen LogP contribution in [0.3, 0.4) is 0 Å². The molecule has 0 spiro atoms. The van der Waals surface area contributed by atoms with Gasteiger partial charge in [-0.15, -0.1) is 0 Å². The van der Waals surface area contributed by atoms with Gasteiger partial charge in [-0.05, 0) is 31.6 Å². The average molecular weight is 287 g/mol. The van der Waals surface area contributed by atoms with Crippen LogP contribution in [-0.2, 0) is 4.74 Å². The first-order valence-corrected chi connectivity index (χ1v) is 8.91. The first-order valence-electron chi connectivity index (χ1n) is 8.91. The number of hydrogen-bond acceptors (Lipinski definition) is 2. The molecule has 2 heteroatoms. The van der Waals surface area contributed by atoms with Crippen molar-refractivity contribution in [3.05, 3.63) is 0 Å². The van der Waals surface area contributed by atoms with E-state index in [9.17, 15) is 5.11 Å². The Kier molecular flexibility index (Phi) is 10.6. The van der Waals surface area contributed by atoms with Gasteiger partial charge in [-0.3, -0.25) is 0 Å². The van der Waals surface area contributed by atoms with Gasteiger partial charge in [0.05, 0.1) is 5.60 Å². The summed E-state index contributed by atoms with van der Waals surface area (Å²) in [4.78, 5) is 0. The van der Waals surface area contributed by atoms with Crippen molar-refractivity contribution in [3.8, 4) is 0 Å². The first-order chi connectivity index (χ1) is 9.55. The monoisotopic (exact) mass is 286 g/mol. The number of unbranched alkanes of at least 4 members (excludes halogenated alkanes) is 1. The van der Waals surface area contributed by atoms with Crippen molar-refractivity contribution in [3.63, 3.8) is 0 Å². The van der Waals surface area contributed by atoms with E-state index in [1.165, 1.54) is 32.1 Å². The van der Waals surface area contributed by atoms with Crippen LogP contribution in [0, 0.1) is 11.8 Å². The molecular formula is C18H38O2. The molecule has 0 aromatic rings. The van der Waals surface area contributed by atoms with Gasteiger partial charge in [-0.25, -0.2) is 0 Å². The molecule has 1 N–H and O–H groups in total. The lowest BCUT2D eigenvalue weighted by molar-refractivity contribution is -0.222. The molecular weight excluding hydrogens is 248 g/mol. The highest BCUT2D eigenvalue weighted by Crippen LogP contribution is 2.42. The zero-order chi connectivity index (χ0) is 15.6. The zero-order valence-electron chi connectivity index (χ0n) is 14.7. The van der Waals surface area contributed by atoms with Crippen LogP contribution in [-0.4, -0.2) is 17.0 Å². The molecule has 2 nitrogen and oxygen atoms in total. The second-order valence-electron chi connectivity index (χ2n) is 6.21. The summed E-state index contributed by atoms with van der Waals surface area (Å²) in [5, 5.41) is 10.2. The highest BCUT2D eigenvalue weighted by molar-refractivity contribution is 4.91. The van der Waals surface area contributed by atoms with Crippen molar-refractivity contribution in [1.82, 2.24) is 0 Å². The van der Waals surface area contributed by atoms with Crippen LogP contribution in [0.2, 0.25) is 0 Å². The fourth-order valence-electron chi connectivity index (χ4n) is 3.03. The van der Waals surface area contributed by atoms with E-state index in [1.54, 1.807) is 0 Å². The minimum absolute atomic E-state index is 0.0436. The Bertz CT molecular complexity index is 221. The molecule has 3 atom stereocenters. The van der Waals surface area contributed by atoms with Gasteiger partial charge in [0, 0.05) is 5.92 Å². The van der Waals surface area contributed by atoms with E-state index in [1.807, 2.05) is 13.8 Å². The van der Waals surface area contributed by atoms with Gasteiger partial charge in [-0.2, -0.15) is 0 Å². The molecule has 0 amide bonds. The Morgan fingerprint density at radius 2 is 1.65 bits per heavy atom. The van der Waals surface area contributed by atoms with Crippen LogP contribution >= 0.6 is 0 Å². The summed E-state index contributed by atoms with van der Waals surface area (Å²) in [6.45, 7) is 12.7. The lowest BCUT2D eigenvalue weighted by Crippen LogP contribution is -2.42. The van der Waals surface area contributed by atoms with Gasteiger partial charge in [0.2, 0.25) is 0 Å². The number of aliphatic hydroxyl groups is 1. The maximum Gasteiger partial charge on any atom is 0.157 e. The Balaban J connectivity index is 0.00000172. The summed E-state index contributed by atoms with van der Waals surface area (Å²) in [5.41, 5.74) is -0.0436. The van der Waals surface area contributed by atoms with E-state index >= 15 is 0 Å². The van der Waals surface area contributed by atoms with Crippen LogP contribution < -0.4 is 0 Å². The van der Waals surface area contributed by atoms with Gasteiger partial charge in [0.1, 0.15) is 0 Å². The van der Waals surface area contributed by atoms with Gasteiger partial charge in [0.25, 0.3) is 0 Å². The third-order valence-electron chi connectivity index (χ3n) is 4.82. The fourth-order valence-corrected chi connectivity index (χ4v) is 3.03. The topological polar surface area (TPSA) is 29.5 Å². The van der Waals surface area contributed by atoms with E-state index in [0.717, 1.165) is 19.3 Å². The third-order valence-corrected chi connectivity index (χ3v) is 4.82. The van der Waals surface area contributed by atoms with Crippen molar-refractivity contribution in [2.45, 2.75) is 105 Å². The van der Waals surface area contributed by atoms with Crippen molar-refractivity contribution < 1.29 is 9.84 Å². The summed E-state index contributed by atoms with van der Waals surface area (Å²) >= 11 is 0. The lowest BCUT2D eigenvalue weighted by atomic mass is 9.83. The fraction of sp³-hybridized carbons (Fsp3) is 1.00. The highest BCUT2D eigenvalue weighted by atomic mass is 16.6. The number of hydrogen-bond donors (Lipinski definition) is 1. The van der Waals surface area contributed by atoms with Crippen molar-refractivity contribution in [1.29, 1.82) is 0 Å². The number of aliphatic hydroxyl groups excluding tert-OH is 1. The maximum atomic E-state index is 10.2. The van der Waals surface area contributed by atoms with Crippen molar-refractivity contribution >= 4 is 0 Å². The molecule has 1 aliphatic carbocycles. The van der Waals surface area contributed by atoms with Crippen LogP contribution in [0.25, 0.3) is 0 Å². The quantitative estimate of drug-likeness (QED) is 0.594. The second kappa shape index (κ2) is 10.6. The zero-order valence-corrected chi connectivity index (χ0v) is 14.7. The molecule has 0 aliphatic heterocycles. The van der Waals surface area contributed by atoms with E-state index < -0.39 is 6.29 Å². The van der Waals surface area contributed by atoms with Crippen LogP contribution in [0.4, 0.5) is 0 Å². The van der Waals surface area contributed by atoms with Gasteiger partial charge >= 0.3 is 0 Å². The van der Waals surface area contributed by atoms with Crippen LogP contribution in [0.5, 0.6) is 0 Å². The molecule has 122 valence electrons. The van der Waals surface area contributed by atoms with Gasteiger partial charge < -0.3 is 9.84 Å². The predicted octanol–water partition coefficient (Wildman–Crippen LogP) is 5.53. The highest BCUT2D eigenvalue weighted by Gasteiger charge is 2.41. The number of rotatable bonds is 8. The van der Waals surface area contributed by atoms with Crippen molar-refractivity contribution in [2.75, 3.05) is 0 Å². The van der Waals surface area contributed by atoms with Gasteiger partial charge in [0.15, 0.2) is 6.29 Å². The summed E-state index contributed by atoms with van der Waals surface area (Å²) in [6, 6.07) is 0. The molecule has 0 saturated heterocycles. The van der Waals surface area contributed by atoms with E-state index in [4.69, 9.17) is 4.74 Å². The SMILES string of the molecule is CC.CCCCC(C)C1(OC(O)C(C)CC)CCCC1. The minimum Gasteiger partial charge on any atom is -0.368 e. The molecule has 0 aromatic heterocycles. The minimum atomic E-state index is -0.586. The normalized spacial score (nSPS) is 21.8. The molecule has 1 saturated carbocycles. The molecule has 0 heterocycles. The number of ether oxygens (including phenoxy) is 1. The molecule has 0 radical (unpaired) electrons. The lowest BCUT2D eigenvalue weighted by Gasteiger charge is -2.39. The molecule has 0 aromatic carbocycles. The van der Waals surface area contributed by atoms with E-state index in [0.29, 0.717) is 5.92 Å². The Morgan fingerprint density at radius 3 is 2.10 bits per heavy atom. The van der Waals surface area contributed by atoms with Gasteiger partial charge in [-0.1, -0.05) is 67.2 Å². The van der Waals surface area contributed by atoms with Crippen LogP contribution in [0.15, 0.2) is 0 Å². The summed E-state index contributed by atoms with van der Waals surface area (Å²) < 4.78 is 6.17. The first kappa shape index (κ1) is 19.9. The Hall–Kier alpha value is -0.0800. The molecule has 0 bridgehead atoms. The molecule has 1 rings (SSSR count). The van der Waals surface area contributed by atoms with E-state index in [2.05, 4.69) is 27.7 Å². The second-order valence-corrected chi connectivity index (χ2v) is 6.21. The van der Waals surface area contributed by atoms with Crippen molar-refractivity contribution in [2.24, 2.45) is 11.8 Å². The molecule has 1 aliphatic rings.